The number of carbonyl (C=O) groups excluding carboxylic acids is 1. The zero-order valence-electron chi connectivity index (χ0n) is 13.0. The van der Waals surface area contributed by atoms with Crippen LogP contribution in [0.5, 0.6) is 0 Å². The summed E-state index contributed by atoms with van der Waals surface area (Å²) in [6.45, 7) is 7.81. The maximum atomic E-state index is 10.6. The van der Waals surface area contributed by atoms with Gasteiger partial charge >= 0.3 is 0 Å². The van der Waals surface area contributed by atoms with Crippen LogP contribution in [-0.4, -0.2) is 31.2 Å². The molecular weight excluding hydrogens is 238 g/mol. The first-order valence-electron chi connectivity index (χ1n) is 6.75. The molecule has 0 bridgehead atoms. The molecule has 1 aromatic carbocycles. The number of carbonyl (C=O) groups is 1. The minimum absolute atomic E-state index is 0.0179. The molecule has 0 spiro atoms. The fourth-order valence-corrected chi connectivity index (χ4v) is 1.43. The van der Waals surface area contributed by atoms with E-state index in [2.05, 4.69) is 44.2 Å². The van der Waals surface area contributed by atoms with E-state index in [4.69, 9.17) is 4.74 Å². The van der Waals surface area contributed by atoms with E-state index in [0.29, 0.717) is 5.92 Å². The van der Waals surface area contributed by atoms with Crippen LogP contribution in [0.2, 0.25) is 0 Å². The molecule has 2 unspecified atom stereocenters. The Balaban J connectivity index is 0.000000344. The number of hydrogen-bond acceptors (Lipinski definition) is 2. The Morgan fingerprint density at radius 1 is 1.26 bits per heavy atom. The van der Waals surface area contributed by atoms with E-state index in [1.54, 1.807) is 14.2 Å². The van der Waals surface area contributed by atoms with Crippen LogP contribution in [0.25, 0.3) is 0 Å². The van der Waals surface area contributed by atoms with Gasteiger partial charge in [0.05, 0.1) is 0 Å². The number of methoxy groups -OCH3 is 1. The van der Waals surface area contributed by atoms with Gasteiger partial charge < -0.3 is 9.64 Å². The van der Waals surface area contributed by atoms with Crippen LogP contribution < -0.4 is 0 Å². The van der Waals surface area contributed by atoms with Gasteiger partial charge in [-0.15, -0.1) is 0 Å². The van der Waals surface area contributed by atoms with Gasteiger partial charge in [-0.25, -0.2) is 0 Å². The fourth-order valence-electron chi connectivity index (χ4n) is 1.43. The first kappa shape index (κ1) is 17.6. The Labute approximate surface area is 117 Å². The molecule has 1 rings (SSSR count). The van der Waals surface area contributed by atoms with Gasteiger partial charge in [0.15, 0.2) is 0 Å². The van der Waals surface area contributed by atoms with Gasteiger partial charge in [-0.2, -0.15) is 0 Å². The second-order valence-corrected chi connectivity index (χ2v) is 4.68. The Bertz CT molecular complexity index is 351. The molecule has 0 saturated heterocycles. The molecule has 19 heavy (non-hydrogen) atoms. The highest BCUT2D eigenvalue weighted by atomic mass is 16.5. The Morgan fingerprint density at radius 2 is 1.79 bits per heavy atom. The SMILES string of the molecule is CCC(C)c1ccccc1.COC(C)N(C)C(C)=O. The molecular formula is C16H27NO2. The summed E-state index contributed by atoms with van der Waals surface area (Å²) in [4.78, 5) is 12.1. The normalized spacial score (nSPS) is 12.9. The minimum atomic E-state index is -0.123. The Morgan fingerprint density at radius 3 is 2.11 bits per heavy atom. The average Bonchev–Trinajstić information content (AvgIpc) is 2.46. The summed E-state index contributed by atoms with van der Waals surface area (Å²) < 4.78 is 4.88. The minimum Gasteiger partial charge on any atom is -0.362 e. The van der Waals surface area contributed by atoms with Crippen LogP contribution in [0.15, 0.2) is 30.3 Å². The van der Waals surface area contributed by atoms with Gasteiger partial charge in [-0.3, -0.25) is 4.79 Å². The van der Waals surface area contributed by atoms with E-state index in [-0.39, 0.29) is 12.1 Å². The molecule has 1 amide bonds. The molecule has 0 aromatic heterocycles. The van der Waals surface area contributed by atoms with E-state index in [1.165, 1.54) is 23.8 Å². The van der Waals surface area contributed by atoms with Crippen molar-refractivity contribution in [2.45, 2.75) is 46.3 Å². The van der Waals surface area contributed by atoms with Gasteiger partial charge in [0.25, 0.3) is 0 Å². The van der Waals surface area contributed by atoms with Crippen molar-refractivity contribution < 1.29 is 9.53 Å². The van der Waals surface area contributed by atoms with Crippen LogP contribution >= 0.6 is 0 Å². The van der Waals surface area contributed by atoms with Gasteiger partial charge in [0.1, 0.15) is 6.23 Å². The lowest BCUT2D eigenvalue weighted by molar-refractivity contribution is -0.137. The number of ether oxygens (including phenoxy) is 1. The Kier molecular flexibility index (Phi) is 8.88. The van der Waals surface area contributed by atoms with E-state index in [0.717, 1.165) is 0 Å². The highest BCUT2D eigenvalue weighted by Gasteiger charge is 2.08. The Hall–Kier alpha value is -1.35. The van der Waals surface area contributed by atoms with Crippen molar-refractivity contribution >= 4 is 5.91 Å². The van der Waals surface area contributed by atoms with Gasteiger partial charge in [-0.1, -0.05) is 44.2 Å². The van der Waals surface area contributed by atoms with Crippen molar-refractivity contribution in [3.05, 3.63) is 35.9 Å². The summed E-state index contributed by atoms with van der Waals surface area (Å²) in [5, 5.41) is 0. The van der Waals surface area contributed by atoms with Gasteiger partial charge in [-0.05, 0) is 24.8 Å². The molecule has 0 fully saturated rings. The maximum absolute atomic E-state index is 10.6. The summed E-state index contributed by atoms with van der Waals surface area (Å²) >= 11 is 0. The second kappa shape index (κ2) is 9.56. The first-order chi connectivity index (χ1) is 8.93. The summed E-state index contributed by atoms with van der Waals surface area (Å²) in [5.41, 5.74) is 1.45. The third-order valence-corrected chi connectivity index (χ3v) is 3.36. The van der Waals surface area contributed by atoms with Crippen molar-refractivity contribution in [1.29, 1.82) is 0 Å². The monoisotopic (exact) mass is 265 g/mol. The van der Waals surface area contributed by atoms with Crippen LogP contribution in [-0.2, 0) is 9.53 Å². The molecule has 2 atom stereocenters. The standard InChI is InChI=1S/C10H14.C6H13NO2/c1-3-9(2)10-7-5-4-6-8-10;1-5(8)7(3)6(2)9-4/h4-9H,3H2,1-2H3;6H,1-4H3. The molecule has 0 N–H and O–H groups in total. The lowest BCUT2D eigenvalue weighted by atomic mass is 9.99. The molecule has 0 aliphatic carbocycles. The van der Waals surface area contributed by atoms with Crippen molar-refractivity contribution in [2.24, 2.45) is 0 Å². The van der Waals surface area contributed by atoms with Gasteiger partial charge in [0, 0.05) is 21.1 Å². The van der Waals surface area contributed by atoms with E-state index >= 15 is 0 Å². The van der Waals surface area contributed by atoms with E-state index < -0.39 is 0 Å². The third kappa shape index (κ3) is 6.97. The van der Waals surface area contributed by atoms with E-state index in [1.807, 2.05) is 6.92 Å². The van der Waals surface area contributed by atoms with Crippen molar-refractivity contribution in [1.82, 2.24) is 4.90 Å². The number of rotatable bonds is 4. The van der Waals surface area contributed by atoms with E-state index in [9.17, 15) is 4.79 Å². The predicted molar refractivity (Wildman–Crippen MR) is 80.1 cm³/mol. The molecule has 3 heteroatoms. The third-order valence-electron chi connectivity index (χ3n) is 3.36. The lowest BCUT2D eigenvalue weighted by Gasteiger charge is -2.21. The fraction of sp³-hybridized carbons (Fsp3) is 0.562. The number of amides is 1. The molecule has 108 valence electrons. The van der Waals surface area contributed by atoms with Crippen molar-refractivity contribution in [3.63, 3.8) is 0 Å². The predicted octanol–water partition coefficient (Wildman–Crippen LogP) is 3.66. The number of benzene rings is 1. The quantitative estimate of drug-likeness (QED) is 0.778. The summed E-state index contributed by atoms with van der Waals surface area (Å²) in [7, 11) is 3.28. The van der Waals surface area contributed by atoms with Crippen LogP contribution in [0, 0.1) is 0 Å². The topological polar surface area (TPSA) is 29.5 Å². The highest BCUT2D eigenvalue weighted by molar-refractivity contribution is 5.72. The lowest BCUT2D eigenvalue weighted by Crippen LogP contribution is -2.34. The molecule has 0 aliphatic rings. The second-order valence-electron chi connectivity index (χ2n) is 4.68. The number of hydrogen-bond donors (Lipinski definition) is 0. The summed E-state index contributed by atoms with van der Waals surface area (Å²) in [6.07, 6.45) is 1.10. The smallest absolute Gasteiger partial charge is 0.221 e. The largest absolute Gasteiger partial charge is 0.362 e. The molecule has 3 nitrogen and oxygen atoms in total. The van der Waals surface area contributed by atoms with Crippen molar-refractivity contribution in [2.75, 3.05) is 14.2 Å². The summed E-state index contributed by atoms with van der Waals surface area (Å²) in [5.74, 6) is 0.727. The zero-order valence-corrected chi connectivity index (χ0v) is 13.0. The number of nitrogens with zero attached hydrogens (tertiary/aromatic N) is 1. The molecule has 0 radical (unpaired) electrons. The molecule has 0 aliphatic heterocycles. The highest BCUT2D eigenvalue weighted by Crippen LogP contribution is 2.16. The molecule has 0 saturated carbocycles. The van der Waals surface area contributed by atoms with Crippen molar-refractivity contribution in [3.8, 4) is 0 Å². The first-order valence-corrected chi connectivity index (χ1v) is 6.75. The van der Waals surface area contributed by atoms with Crippen LogP contribution in [0.4, 0.5) is 0 Å². The molecule has 0 heterocycles. The molecule has 1 aromatic rings. The zero-order chi connectivity index (χ0) is 14.8. The summed E-state index contributed by atoms with van der Waals surface area (Å²) in [6, 6.07) is 10.6. The average molecular weight is 265 g/mol. The van der Waals surface area contributed by atoms with Gasteiger partial charge in [0.2, 0.25) is 5.91 Å². The van der Waals surface area contributed by atoms with Crippen LogP contribution in [0.1, 0.15) is 45.6 Å². The maximum Gasteiger partial charge on any atom is 0.221 e. The van der Waals surface area contributed by atoms with Crippen LogP contribution in [0.3, 0.4) is 0 Å².